The lowest BCUT2D eigenvalue weighted by molar-refractivity contribution is 0.464. The molecule has 0 amide bonds. The van der Waals surface area contributed by atoms with Gasteiger partial charge in [0, 0.05) is 12.1 Å². The minimum Gasteiger partial charge on any atom is -0.508 e. The van der Waals surface area contributed by atoms with E-state index >= 15 is 0 Å². The van der Waals surface area contributed by atoms with Crippen LogP contribution in [-0.2, 0) is 12.0 Å². The van der Waals surface area contributed by atoms with Crippen LogP contribution in [0.3, 0.4) is 0 Å². The lowest BCUT2D eigenvalue weighted by atomic mass is 9.86. The molecule has 80 valence electrons. The van der Waals surface area contributed by atoms with Crippen LogP contribution in [0.2, 0.25) is 0 Å². The molecule has 0 atom stereocenters. The van der Waals surface area contributed by atoms with Gasteiger partial charge in [0.2, 0.25) is 0 Å². The predicted molar refractivity (Wildman–Crippen MR) is 61.9 cm³/mol. The summed E-state index contributed by atoms with van der Waals surface area (Å²) in [7, 11) is 0. The van der Waals surface area contributed by atoms with Crippen LogP contribution in [-0.4, -0.2) is 5.11 Å². The molecule has 0 heterocycles. The number of phenols is 1. The maximum absolute atomic E-state index is 9.57. The van der Waals surface area contributed by atoms with Crippen LogP contribution in [0.5, 0.6) is 5.75 Å². The number of hydrogen-bond donors (Lipinski definition) is 2. The van der Waals surface area contributed by atoms with Crippen molar-refractivity contribution in [2.45, 2.75) is 32.7 Å². The summed E-state index contributed by atoms with van der Waals surface area (Å²) in [6.07, 6.45) is 0. The predicted octanol–water partition coefficient (Wildman–Crippen LogP) is 2.57. The van der Waals surface area contributed by atoms with Gasteiger partial charge in [-0.2, -0.15) is 0 Å². The molecular formula is C11H18ClNO. The van der Waals surface area contributed by atoms with Gasteiger partial charge < -0.3 is 10.8 Å². The number of phenolic OH excluding ortho intramolecular Hbond substituents is 1. The Hall–Kier alpha value is -0.730. The second-order valence-electron chi connectivity index (χ2n) is 4.30. The molecule has 3 N–H and O–H groups in total. The van der Waals surface area contributed by atoms with E-state index in [0.29, 0.717) is 12.3 Å². The normalized spacial score (nSPS) is 10.9. The lowest BCUT2D eigenvalue weighted by Crippen LogP contribution is -2.11. The van der Waals surface area contributed by atoms with Gasteiger partial charge in [0.15, 0.2) is 0 Å². The number of rotatable bonds is 1. The fraction of sp³-hybridized carbons (Fsp3) is 0.455. The average molecular weight is 216 g/mol. The molecule has 0 saturated heterocycles. The molecule has 0 aliphatic rings. The molecular weight excluding hydrogens is 198 g/mol. The van der Waals surface area contributed by atoms with E-state index < -0.39 is 0 Å². The van der Waals surface area contributed by atoms with Gasteiger partial charge in [0.05, 0.1) is 0 Å². The minimum atomic E-state index is 0. The van der Waals surface area contributed by atoms with Gasteiger partial charge in [-0.05, 0) is 17.0 Å². The van der Waals surface area contributed by atoms with Crippen LogP contribution in [0.4, 0.5) is 0 Å². The highest BCUT2D eigenvalue weighted by atomic mass is 35.5. The van der Waals surface area contributed by atoms with Gasteiger partial charge in [-0.25, -0.2) is 0 Å². The summed E-state index contributed by atoms with van der Waals surface area (Å²) >= 11 is 0. The fourth-order valence-electron chi connectivity index (χ4n) is 1.20. The third-order valence-corrected chi connectivity index (χ3v) is 2.17. The Balaban J connectivity index is 0.00000169. The molecule has 1 rings (SSSR count). The molecule has 0 saturated carbocycles. The molecule has 3 heteroatoms. The average Bonchev–Trinajstić information content (AvgIpc) is 2.02. The molecule has 0 spiro atoms. The monoisotopic (exact) mass is 215 g/mol. The van der Waals surface area contributed by atoms with Crippen molar-refractivity contribution >= 4 is 12.4 Å². The Morgan fingerprint density at radius 3 is 2.21 bits per heavy atom. The van der Waals surface area contributed by atoms with E-state index in [1.807, 2.05) is 12.1 Å². The summed E-state index contributed by atoms with van der Waals surface area (Å²) < 4.78 is 0. The molecule has 0 fully saturated rings. The molecule has 0 bridgehead atoms. The fourth-order valence-corrected chi connectivity index (χ4v) is 1.20. The van der Waals surface area contributed by atoms with Crippen molar-refractivity contribution in [3.63, 3.8) is 0 Å². The topological polar surface area (TPSA) is 46.2 Å². The van der Waals surface area contributed by atoms with Gasteiger partial charge in [-0.15, -0.1) is 12.4 Å². The van der Waals surface area contributed by atoms with Gasteiger partial charge in [-0.1, -0.05) is 32.9 Å². The molecule has 0 radical (unpaired) electrons. The molecule has 1 aromatic rings. The van der Waals surface area contributed by atoms with Gasteiger partial charge in [0.1, 0.15) is 5.75 Å². The van der Waals surface area contributed by atoms with Crippen molar-refractivity contribution in [3.05, 3.63) is 29.3 Å². The Labute approximate surface area is 91.5 Å². The zero-order chi connectivity index (χ0) is 10.1. The van der Waals surface area contributed by atoms with Crippen molar-refractivity contribution in [2.75, 3.05) is 0 Å². The number of halogens is 1. The zero-order valence-corrected chi connectivity index (χ0v) is 9.69. The maximum Gasteiger partial charge on any atom is 0.120 e. The minimum absolute atomic E-state index is 0. The van der Waals surface area contributed by atoms with Crippen molar-refractivity contribution in [3.8, 4) is 5.75 Å². The summed E-state index contributed by atoms with van der Waals surface area (Å²) in [5.41, 5.74) is 7.45. The van der Waals surface area contributed by atoms with E-state index in [-0.39, 0.29) is 17.8 Å². The second kappa shape index (κ2) is 4.67. The Bertz CT molecular complexity index is 305. The number of hydrogen-bond acceptors (Lipinski definition) is 2. The lowest BCUT2D eigenvalue weighted by Gasteiger charge is -2.19. The highest BCUT2D eigenvalue weighted by Gasteiger charge is 2.14. The largest absolute Gasteiger partial charge is 0.508 e. The Morgan fingerprint density at radius 1 is 1.29 bits per heavy atom. The van der Waals surface area contributed by atoms with Crippen LogP contribution in [0.1, 0.15) is 31.9 Å². The second-order valence-corrected chi connectivity index (χ2v) is 4.30. The molecule has 2 nitrogen and oxygen atoms in total. The van der Waals surface area contributed by atoms with E-state index in [9.17, 15) is 5.11 Å². The van der Waals surface area contributed by atoms with E-state index in [0.717, 1.165) is 11.1 Å². The van der Waals surface area contributed by atoms with Crippen LogP contribution in [0.15, 0.2) is 18.2 Å². The summed E-state index contributed by atoms with van der Waals surface area (Å²) in [6, 6.07) is 5.69. The summed E-state index contributed by atoms with van der Waals surface area (Å²) in [5.74, 6) is 0.301. The molecule has 1 aromatic carbocycles. The van der Waals surface area contributed by atoms with Gasteiger partial charge in [-0.3, -0.25) is 0 Å². The molecule has 14 heavy (non-hydrogen) atoms. The summed E-state index contributed by atoms with van der Waals surface area (Å²) in [6.45, 7) is 6.73. The Kier molecular flexibility index (Phi) is 4.43. The third-order valence-electron chi connectivity index (χ3n) is 2.17. The molecule has 0 aliphatic carbocycles. The number of aromatic hydroxyl groups is 1. The quantitative estimate of drug-likeness (QED) is 0.757. The summed E-state index contributed by atoms with van der Waals surface area (Å²) in [4.78, 5) is 0. The van der Waals surface area contributed by atoms with Crippen LogP contribution in [0.25, 0.3) is 0 Å². The first kappa shape index (κ1) is 13.3. The first-order valence-electron chi connectivity index (χ1n) is 4.47. The third kappa shape index (κ3) is 2.89. The van der Waals surface area contributed by atoms with Crippen LogP contribution >= 0.6 is 12.4 Å². The van der Waals surface area contributed by atoms with Crippen LogP contribution in [0, 0.1) is 0 Å². The van der Waals surface area contributed by atoms with Gasteiger partial charge in [0.25, 0.3) is 0 Å². The van der Waals surface area contributed by atoms with Gasteiger partial charge >= 0.3 is 0 Å². The van der Waals surface area contributed by atoms with Crippen molar-refractivity contribution in [2.24, 2.45) is 5.73 Å². The molecule has 0 unspecified atom stereocenters. The Morgan fingerprint density at radius 2 is 1.86 bits per heavy atom. The number of benzene rings is 1. The highest BCUT2D eigenvalue weighted by molar-refractivity contribution is 5.85. The highest BCUT2D eigenvalue weighted by Crippen LogP contribution is 2.27. The number of nitrogens with two attached hydrogens (primary N) is 1. The van der Waals surface area contributed by atoms with Crippen molar-refractivity contribution in [1.29, 1.82) is 0 Å². The maximum atomic E-state index is 9.57. The SMILES string of the molecule is CC(C)(C)c1ccc(CN)c(O)c1.Cl. The van der Waals surface area contributed by atoms with Crippen LogP contribution < -0.4 is 5.73 Å². The zero-order valence-electron chi connectivity index (χ0n) is 8.87. The summed E-state index contributed by atoms with van der Waals surface area (Å²) in [5, 5.41) is 9.57. The van der Waals surface area contributed by atoms with E-state index in [1.165, 1.54) is 0 Å². The van der Waals surface area contributed by atoms with E-state index in [1.54, 1.807) is 6.07 Å². The first-order chi connectivity index (χ1) is 5.95. The van der Waals surface area contributed by atoms with E-state index in [2.05, 4.69) is 20.8 Å². The van der Waals surface area contributed by atoms with E-state index in [4.69, 9.17) is 5.73 Å². The van der Waals surface area contributed by atoms with Crippen molar-refractivity contribution < 1.29 is 5.11 Å². The molecule has 0 aromatic heterocycles. The molecule has 0 aliphatic heterocycles. The first-order valence-corrected chi connectivity index (χ1v) is 4.47. The van der Waals surface area contributed by atoms with Crippen molar-refractivity contribution in [1.82, 2.24) is 0 Å². The standard InChI is InChI=1S/C11H17NO.ClH/c1-11(2,3)9-5-4-8(7-12)10(13)6-9;/h4-6,13H,7,12H2,1-3H3;1H. The smallest absolute Gasteiger partial charge is 0.120 e.